The molecule has 1 fully saturated rings. The quantitative estimate of drug-likeness (QED) is 0.566. The molecule has 1 rings (SSSR count). The molecule has 0 heterocycles. The molecule has 0 aromatic carbocycles. The third-order valence-corrected chi connectivity index (χ3v) is 3.50. The smallest absolute Gasteiger partial charge is 0.0158 e. The highest BCUT2D eigenvalue weighted by Gasteiger charge is 2.40. The van der Waals surface area contributed by atoms with Gasteiger partial charge in [-0.15, -0.1) is 0 Å². The van der Waals surface area contributed by atoms with E-state index in [0.717, 1.165) is 4.75 Å². The molecule has 0 bridgehead atoms. The summed E-state index contributed by atoms with van der Waals surface area (Å²) in [6.45, 7) is 4.55. The van der Waals surface area contributed by atoms with Gasteiger partial charge in [0.05, 0.1) is 0 Å². The van der Waals surface area contributed by atoms with Crippen LogP contribution in [0.3, 0.4) is 0 Å². The number of hydrogen-bond acceptors (Lipinski definition) is 1. The minimum Gasteiger partial charge on any atom is -0.155 e. The molecule has 0 radical (unpaired) electrons. The molecule has 0 amide bonds. The van der Waals surface area contributed by atoms with E-state index in [0.29, 0.717) is 0 Å². The summed E-state index contributed by atoms with van der Waals surface area (Å²) in [5, 5.41) is 0. The van der Waals surface area contributed by atoms with Crippen molar-refractivity contribution in [3.8, 4) is 0 Å². The van der Waals surface area contributed by atoms with Crippen molar-refractivity contribution >= 4 is 11.8 Å². The second-order valence-corrected chi connectivity index (χ2v) is 4.20. The van der Waals surface area contributed by atoms with Crippen molar-refractivity contribution in [3.63, 3.8) is 0 Å². The minimum atomic E-state index is 0.759. The number of rotatable bonds is 3. The monoisotopic (exact) mass is 130 g/mol. The van der Waals surface area contributed by atoms with Gasteiger partial charge in [0.25, 0.3) is 0 Å². The fourth-order valence-electron chi connectivity index (χ4n) is 1.05. The molecule has 1 heteroatoms. The van der Waals surface area contributed by atoms with Gasteiger partial charge in [-0.2, -0.15) is 11.8 Å². The third-order valence-electron chi connectivity index (χ3n) is 1.90. The number of thioether (sulfide) groups is 1. The van der Waals surface area contributed by atoms with E-state index in [1.807, 2.05) is 0 Å². The maximum atomic E-state index is 2.30. The van der Waals surface area contributed by atoms with E-state index in [2.05, 4.69) is 25.6 Å². The predicted octanol–water partition coefficient (Wildman–Crippen LogP) is 2.68. The lowest BCUT2D eigenvalue weighted by atomic mass is 10.3. The first kappa shape index (κ1) is 6.47. The Kier molecular flexibility index (Phi) is 1.86. The molecule has 0 N–H and O–H groups in total. The van der Waals surface area contributed by atoms with Crippen LogP contribution >= 0.6 is 11.8 Å². The van der Waals surface area contributed by atoms with E-state index < -0.39 is 0 Å². The average molecular weight is 130 g/mol. The Hall–Kier alpha value is 0.350. The molecular weight excluding hydrogens is 116 g/mol. The Balaban J connectivity index is 2.20. The Morgan fingerprint density at radius 3 is 2.12 bits per heavy atom. The molecule has 48 valence electrons. The van der Waals surface area contributed by atoms with Crippen LogP contribution in [0.1, 0.15) is 33.1 Å². The molecule has 0 nitrogen and oxygen atoms in total. The van der Waals surface area contributed by atoms with Gasteiger partial charge in [-0.25, -0.2) is 0 Å². The zero-order chi connectivity index (χ0) is 6.04. The maximum Gasteiger partial charge on any atom is 0.0158 e. The maximum absolute atomic E-state index is 2.30. The lowest BCUT2D eigenvalue weighted by Gasteiger charge is -2.07. The van der Waals surface area contributed by atoms with Gasteiger partial charge in [0.2, 0.25) is 0 Å². The van der Waals surface area contributed by atoms with Crippen LogP contribution < -0.4 is 0 Å². The van der Waals surface area contributed by atoms with Crippen LogP contribution in [0.5, 0.6) is 0 Å². The highest BCUT2D eigenvalue weighted by Crippen LogP contribution is 2.50. The Morgan fingerprint density at radius 2 is 2.00 bits per heavy atom. The van der Waals surface area contributed by atoms with Gasteiger partial charge < -0.3 is 0 Å². The summed E-state index contributed by atoms with van der Waals surface area (Å²) >= 11 is 2.14. The molecule has 1 aliphatic carbocycles. The van der Waals surface area contributed by atoms with E-state index in [-0.39, 0.29) is 0 Å². The first-order chi connectivity index (χ1) is 3.83. The minimum absolute atomic E-state index is 0.759. The lowest BCUT2D eigenvalue weighted by molar-refractivity contribution is 0.853. The largest absolute Gasteiger partial charge is 0.155 e. The van der Waals surface area contributed by atoms with Crippen LogP contribution in [0.15, 0.2) is 0 Å². The first-order valence-corrected chi connectivity index (χ1v) is 4.45. The van der Waals surface area contributed by atoms with Crippen molar-refractivity contribution < 1.29 is 0 Å². The second kappa shape index (κ2) is 2.30. The molecule has 8 heavy (non-hydrogen) atoms. The van der Waals surface area contributed by atoms with E-state index in [9.17, 15) is 0 Å². The van der Waals surface area contributed by atoms with Crippen LogP contribution in [0.2, 0.25) is 0 Å². The molecule has 0 spiro atoms. The molecule has 0 aromatic heterocycles. The normalized spacial score (nSPS) is 23.2. The van der Waals surface area contributed by atoms with Gasteiger partial charge in [-0.05, 0) is 25.0 Å². The highest BCUT2D eigenvalue weighted by atomic mass is 32.2. The molecule has 0 saturated heterocycles. The SMILES string of the molecule is CCSC1(CC)CC1. The first-order valence-electron chi connectivity index (χ1n) is 3.47. The molecule has 1 aliphatic rings. The summed E-state index contributed by atoms with van der Waals surface area (Å²) in [7, 11) is 0. The van der Waals surface area contributed by atoms with Crippen LogP contribution in [-0.2, 0) is 0 Å². The Labute approximate surface area is 56.0 Å². The molecule has 1 saturated carbocycles. The summed E-state index contributed by atoms with van der Waals surface area (Å²) in [4.78, 5) is 0. The van der Waals surface area contributed by atoms with Gasteiger partial charge in [0, 0.05) is 4.75 Å². The van der Waals surface area contributed by atoms with Crippen molar-refractivity contribution in [2.24, 2.45) is 0 Å². The van der Waals surface area contributed by atoms with Gasteiger partial charge >= 0.3 is 0 Å². The summed E-state index contributed by atoms with van der Waals surface area (Å²) in [5.74, 6) is 1.30. The molecule has 0 unspecified atom stereocenters. The summed E-state index contributed by atoms with van der Waals surface area (Å²) in [5.41, 5.74) is 0. The predicted molar refractivity (Wildman–Crippen MR) is 40.4 cm³/mol. The molecule has 0 aromatic rings. The summed E-state index contributed by atoms with van der Waals surface area (Å²) < 4.78 is 0.759. The van der Waals surface area contributed by atoms with E-state index in [4.69, 9.17) is 0 Å². The second-order valence-electron chi connectivity index (χ2n) is 2.47. The van der Waals surface area contributed by atoms with E-state index in [1.165, 1.54) is 25.0 Å². The Bertz CT molecular complexity index is 74.5. The molecular formula is C7H14S. The number of hydrogen-bond donors (Lipinski definition) is 0. The standard InChI is InChI=1S/C7H14S/c1-3-7(5-6-7)8-4-2/h3-6H2,1-2H3. The third kappa shape index (κ3) is 1.19. The summed E-state index contributed by atoms with van der Waals surface area (Å²) in [6, 6.07) is 0. The van der Waals surface area contributed by atoms with Crippen LogP contribution in [0.4, 0.5) is 0 Å². The van der Waals surface area contributed by atoms with Gasteiger partial charge in [0.1, 0.15) is 0 Å². The van der Waals surface area contributed by atoms with Crippen molar-refractivity contribution in [2.45, 2.75) is 37.9 Å². The van der Waals surface area contributed by atoms with Crippen molar-refractivity contribution in [1.82, 2.24) is 0 Å². The van der Waals surface area contributed by atoms with Crippen molar-refractivity contribution in [3.05, 3.63) is 0 Å². The van der Waals surface area contributed by atoms with Gasteiger partial charge in [0.15, 0.2) is 0 Å². The fourth-order valence-corrected chi connectivity index (χ4v) is 2.25. The van der Waals surface area contributed by atoms with Gasteiger partial charge in [-0.1, -0.05) is 13.8 Å². The van der Waals surface area contributed by atoms with E-state index >= 15 is 0 Å². The van der Waals surface area contributed by atoms with Crippen LogP contribution in [0.25, 0.3) is 0 Å². The van der Waals surface area contributed by atoms with Crippen molar-refractivity contribution in [1.29, 1.82) is 0 Å². The van der Waals surface area contributed by atoms with Crippen LogP contribution in [-0.4, -0.2) is 10.5 Å². The van der Waals surface area contributed by atoms with Crippen molar-refractivity contribution in [2.75, 3.05) is 5.75 Å². The lowest BCUT2D eigenvalue weighted by Crippen LogP contribution is -1.98. The zero-order valence-corrected chi connectivity index (χ0v) is 6.55. The fraction of sp³-hybridized carbons (Fsp3) is 1.00. The van der Waals surface area contributed by atoms with Crippen LogP contribution in [0, 0.1) is 0 Å². The summed E-state index contributed by atoms with van der Waals surface area (Å²) in [6.07, 6.45) is 4.33. The van der Waals surface area contributed by atoms with Gasteiger partial charge in [-0.3, -0.25) is 0 Å². The zero-order valence-electron chi connectivity index (χ0n) is 5.74. The van der Waals surface area contributed by atoms with E-state index in [1.54, 1.807) is 0 Å². The Morgan fingerprint density at radius 1 is 1.38 bits per heavy atom. The molecule has 0 atom stereocenters. The molecule has 0 aliphatic heterocycles. The average Bonchev–Trinajstić information content (AvgIpc) is 2.50. The topological polar surface area (TPSA) is 0 Å². The highest BCUT2D eigenvalue weighted by molar-refractivity contribution is 8.00.